The van der Waals surface area contributed by atoms with E-state index in [1.807, 2.05) is 49.9 Å². The standard InChI is InChI=1S/C21H31N3O2/c1-20(2,3)19(26)23-14-16-4-6-17(7-5-16)18(25)24-12-9-21(10-13-24)8-11-22-15-21/h4-7,22H,8-15H2,1-3H3,(H,23,26). The lowest BCUT2D eigenvalue weighted by molar-refractivity contribution is -0.128. The van der Waals surface area contributed by atoms with E-state index in [2.05, 4.69) is 10.6 Å². The van der Waals surface area contributed by atoms with Gasteiger partial charge in [-0.3, -0.25) is 9.59 Å². The maximum absolute atomic E-state index is 12.8. The molecular formula is C21H31N3O2. The molecule has 5 nitrogen and oxygen atoms in total. The highest BCUT2D eigenvalue weighted by molar-refractivity contribution is 5.94. The number of hydrogen-bond donors (Lipinski definition) is 2. The number of nitrogens with one attached hydrogen (secondary N) is 2. The van der Waals surface area contributed by atoms with Gasteiger partial charge in [-0.05, 0) is 48.9 Å². The number of amides is 2. The Morgan fingerprint density at radius 2 is 1.77 bits per heavy atom. The Kier molecular flexibility index (Phi) is 5.37. The maximum atomic E-state index is 12.8. The van der Waals surface area contributed by atoms with Crippen molar-refractivity contribution in [3.63, 3.8) is 0 Å². The first-order chi connectivity index (χ1) is 12.3. The fourth-order valence-electron chi connectivity index (χ4n) is 3.80. The average Bonchev–Trinajstić information content (AvgIpc) is 3.07. The van der Waals surface area contributed by atoms with E-state index in [-0.39, 0.29) is 11.8 Å². The van der Waals surface area contributed by atoms with Crippen LogP contribution in [0.3, 0.4) is 0 Å². The Hall–Kier alpha value is -1.88. The molecule has 1 spiro atoms. The van der Waals surface area contributed by atoms with Gasteiger partial charge in [-0.1, -0.05) is 32.9 Å². The van der Waals surface area contributed by atoms with Crippen molar-refractivity contribution < 1.29 is 9.59 Å². The van der Waals surface area contributed by atoms with Crippen LogP contribution in [0.15, 0.2) is 24.3 Å². The summed E-state index contributed by atoms with van der Waals surface area (Å²) < 4.78 is 0. The first kappa shape index (κ1) is 18.9. The second-order valence-electron chi connectivity index (χ2n) is 8.85. The molecule has 5 heteroatoms. The Bertz CT molecular complexity index is 645. The molecule has 0 aromatic heterocycles. The number of hydrogen-bond acceptors (Lipinski definition) is 3. The monoisotopic (exact) mass is 357 g/mol. The van der Waals surface area contributed by atoms with E-state index >= 15 is 0 Å². The Morgan fingerprint density at radius 3 is 2.31 bits per heavy atom. The van der Waals surface area contributed by atoms with E-state index in [4.69, 9.17) is 0 Å². The Morgan fingerprint density at radius 1 is 1.12 bits per heavy atom. The summed E-state index contributed by atoms with van der Waals surface area (Å²) in [7, 11) is 0. The molecule has 0 bridgehead atoms. The normalized spacial score (nSPS) is 19.6. The van der Waals surface area contributed by atoms with Gasteiger partial charge in [0.15, 0.2) is 0 Å². The van der Waals surface area contributed by atoms with Crippen molar-refractivity contribution in [3.05, 3.63) is 35.4 Å². The van der Waals surface area contributed by atoms with Gasteiger partial charge in [0, 0.05) is 37.2 Å². The number of likely N-dealkylation sites (tertiary alicyclic amines) is 1. The van der Waals surface area contributed by atoms with Crippen LogP contribution in [0.1, 0.15) is 56.0 Å². The van der Waals surface area contributed by atoms with Crippen LogP contribution in [0.4, 0.5) is 0 Å². The van der Waals surface area contributed by atoms with E-state index in [0.29, 0.717) is 12.0 Å². The minimum atomic E-state index is -0.392. The van der Waals surface area contributed by atoms with Gasteiger partial charge in [-0.15, -0.1) is 0 Å². The number of rotatable bonds is 3. The third kappa shape index (κ3) is 4.26. The molecule has 0 saturated carbocycles. The summed E-state index contributed by atoms with van der Waals surface area (Å²) in [6.45, 7) is 10.1. The molecule has 2 aliphatic rings. The fourth-order valence-corrected chi connectivity index (χ4v) is 3.80. The zero-order valence-corrected chi connectivity index (χ0v) is 16.2. The quantitative estimate of drug-likeness (QED) is 0.874. The SMILES string of the molecule is CC(C)(C)C(=O)NCc1ccc(C(=O)N2CCC3(CCNC3)CC2)cc1. The second-order valence-corrected chi connectivity index (χ2v) is 8.85. The fraction of sp³-hybridized carbons (Fsp3) is 0.619. The van der Waals surface area contributed by atoms with Gasteiger partial charge >= 0.3 is 0 Å². The van der Waals surface area contributed by atoms with E-state index < -0.39 is 5.41 Å². The second kappa shape index (κ2) is 7.39. The molecule has 0 unspecified atom stereocenters. The highest BCUT2D eigenvalue weighted by Crippen LogP contribution is 2.37. The van der Waals surface area contributed by atoms with Crippen LogP contribution in [0, 0.1) is 10.8 Å². The van der Waals surface area contributed by atoms with Gasteiger partial charge in [0.05, 0.1) is 0 Å². The molecule has 1 aromatic carbocycles. The molecule has 2 N–H and O–H groups in total. The van der Waals surface area contributed by atoms with E-state index in [1.54, 1.807) is 0 Å². The number of nitrogens with zero attached hydrogens (tertiary/aromatic N) is 1. The van der Waals surface area contributed by atoms with E-state index in [1.165, 1.54) is 6.42 Å². The minimum absolute atomic E-state index is 0.0290. The molecule has 3 rings (SSSR count). The highest BCUT2D eigenvalue weighted by atomic mass is 16.2. The van der Waals surface area contributed by atoms with E-state index in [9.17, 15) is 9.59 Å². The summed E-state index contributed by atoms with van der Waals surface area (Å²) >= 11 is 0. The summed E-state index contributed by atoms with van der Waals surface area (Å²) in [6, 6.07) is 7.62. The van der Waals surface area contributed by atoms with Gasteiger partial charge < -0.3 is 15.5 Å². The van der Waals surface area contributed by atoms with Gasteiger partial charge in [-0.2, -0.15) is 0 Å². The van der Waals surface area contributed by atoms with Crippen LogP contribution in [0.5, 0.6) is 0 Å². The third-order valence-corrected chi connectivity index (χ3v) is 5.78. The molecule has 2 heterocycles. The van der Waals surface area contributed by atoms with Crippen molar-refractivity contribution >= 4 is 11.8 Å². The van der Waals surface area contributed by atoms with Crippen LogP contribution in [0.2, 0.25) is 0 Å². The lowest BCUT2D eigenvalue weighted by Crippen LogP contribution is -2.44. The lowest BCUT2D eigenvalue weighted by Gasteiger charge is -2.38. The number of piperidine rings is 1. The first-order valence-corrected chi connectivity index (χ1v) is 9.66. The Balaban J connectivity index is 1.53. The van der Waals surface area contributed by atoms with Gasteiger partial charge in [-0.25, -0.2) is 0 Å². The molecule has 0 aliphatic carbocycles. The van der Waals surface area contributed by atoms with Crippen LogP contribution in [-0.2, 0) is 11.3 Å². The topological polar surface area (TPSA) is 61.4 Å². The molecule has 2 aliphatic heterocycles. The average molecular weight is 357 g/mol. The summed E-state index contributed by atoms with van der Waals surface area (Å²) in [5.41, 5.74) is 1.77. The van der Waals surface area contributed by atoms with Crippen molar-refractivity contribution in [2.75, 3.05) is 26.2 Å². The molecular weight excluding hydrogens is 326 g/mol. The van der Waals surface area contributed by atoms with Crippen LogP contribution >= 0.6 is 0 Å². The summed E-state index contributed by atoms with van der Waals surface area (Å²) in [4.78, 5) is 26.7. The summed E-state index contributed by atoms with van der Waals surface area (Å²) in [5.74, 6) is 0.150. The van der Waals surface area contributed by atoms with Crippen molar-refractivity contribution in [2.24, 2.45) is 10.8 Å². The zero-order valence-electron chi connectivity index (χ0n) is 16.2. The van der Waals surface area contributed by atoms with Gasteiger partial charge in [0.2, 0.25) is 5.91 Å². The molecule has 0 atom stereocenters. The Labute approximate surface area is 156 Å². The van der Waals surface area contributed by atoms with Gasteiger partial charge in [0.25, 0.3) is 5.91 Å². The van der Waals surface area contributed by atoms with Crippen LogP contribution in [-0.4, -0.2) is 42.9 Å². The molecule has 142 valence electrons. The number of carbonyl (C=O) groups excluding carboxylic acids is 2. The molecule has 0 radical (unpaired) electrons. The number of carbonyl (C=O) groups is 2. The maximum Gasteiger partial charge on any atom is 0.253 e. The molecule has 2 fully saturated rings. The largest absolute Gasteiger partial charge is 0.352 e. The predicted molar refractivity (Wildman–Crippen MR) is 103 cm³/mol. The highest BCUT2D eigenvalue weighted by Gasteiger charge is 2.38. The minimum Gasteiger partial charge on any atom is -0.352 e. The molecule has 1 aromatic rings. The lowest BCUT2D eigenvalue weighted by atomic mass is 9.78. The smallest absolute Gasteiger partial charge is 0.253 e. The van der Waals surface area contributed by atoms with Crippen LogP contribution < -0.4 is 10.6 Å². The van der Waals surface area contributed by atoms with Crippen molar-refractivity contribution in [2.45, 2.75) is 46.6 Å². The third-order valence-electron chi connectivity index (χ3n) is 5.78. The van der Waals surface area contributed by atoms with Crippen molar-refractivity contribution in [1.82, 2.24) is 15.5 Å². The summed E-state index contributed by atoms with van der Waals surface area (Å²) in [5, 5.41) is 6.40. The van der Waals surface area contributed by atoms with E-state index in [0.717, 1.165) is 50.1 Å². The molecule has 2 saturated heterocycles. The number of benzene rings is 1. The summed E-state index contributed by atoms with van der Waals surface area (Å²) in [6.07, 6.45) is 3.44. The molecule has 26 heavy (non-hydrogen) atoms. The van der Waals surface area contributed by atoms with Crippen LogP contribution in [0.25, 0.3) is 0 Å². The first-order valence-electron chi connectivity index (χ1n) is 9.66. The zero-order chi connectivity index (χ0) is 18.8. The predicted octanol–water partition coefficient (Wildman–Crippen LogP) is 2.56. The van der Waals surface area contributed by atoms with Crippen molar-refractivity contribution in [3.8, 4) is 0 Å². The van der Waals surface area contributed by atoms with Gasteiger partial charge in [0.1, 0.15) is 0 Å². The molecule has 2 amide bonds. The van der Waals surface area contributed by atoms with Crippen molar-refractivity contribution in [1.29, 1.82) is 0 Å².